The summed E-state index contributed by atoms with van der Waals surface area (Å²) in [6.07, 6.45) is -1.62. The molecule has 1 N–H and O–H groups in total. The molecule has 2 rings (SSSR count). The molecule has 0 atom stereocenters. The number of hydrogen-bond acceptors (Lipinski definition) is 3. The molecule has 0 aliphatic heterocycles. The third-order valence-corrected chi connectivity index (χ3v) is 4.84. The zero-order valence-corrected chi connectivity index (χ0v) is 18.8. The summed E-state index contributed by atoms with van der Waals surface area (Å²) in [6, 6.07) is 4.26. The summed E-state index contributed by atoms with van der Waals surface area (Å²) in [6.45, 7) is 7.97. The summed E-state index contributed by atoms with van der Waals surface area (Å²) in [7, 11) is 1.60. The molecule has 0 fully saturated rings. The minimum atomic E-state index is -4.45. The molecular formula is C23H28F3N3O3. The van der Waals surface area contributed by atoms with Gasteiger partial charge in [0.1, 0.15) is 11.1 Å². The summed E-state index contributed by atoms with van der Waals surface area (Å²) in [5.74, 6) is -0.979. The fourth-order valence-electron chi connectivity index (χ4n) is 3.14. The van der Waals surface area contributed by atoms with Gasteiger partial charge in [0.25, 0.3) is 11.8 Å². The van der Waals surface area contributed by atoms with Crippen molar-refractivity contribution < 1.29 is 22.8 Å². The van der Waals surface area contributed by atoms with E-state index in [9.17, 15) is 27.6 Å². The number of pyridine rings is 1. The molecule has 1 heterocycles. The number of carbonyl (C=O) groups excluding carboxylic acids is 2. The number of rotatable bonds is 7. The minimum absolute atomic E-state index is 0.0660. The lowest BCUT2D eigenvalue weighted by Gasteiger charge is -2.21. The van der Waals surface area contributed by atoms with Crippen LogP contribution in [0, 0.1) is 5.92 Å². The van der Waals surface area contributed by atoms with Crippen molar-refractivity contribution in [2.24, 2.45) is 5.92 Å². The number of carbonyl (C=O) groups is 2. The van der Waals surface area contributed by atoms with Crippen LogP contribution in [0.3, 0.4) is 0 Å². The minimum Gasteiger partial charge on any atom is -0.350 e. The van der Waals surface area contributed by atoms with Crippen LogP contribution in [-0.4, -0.2) is 34.9 Å². The van der Waals surface area contributed by atoms with Crippen molar-refractivity contribution in [1.82, 2.24) is 14.8 Å². The summed E-state index contributed by atoms with van der Waals surface area (Å²) in [5, 5.41) is 2.55. The van der Waals surface area contributed by atoms with Gasteiger partial charge in [-0.15, -0.1) is 0 Å². The first-order valence-corrected chi connectivity index (χ1v) is 10.3. The molecule has 0 aliphatic rings. The van der Waals surface area contributed by atoms with Gasteiger partial charge in [0.2, 0.25) is 5.43 Å². The normalized spacial score (nSPS) is 11.7. The number of hydrogen-bond donors (Lipinski definition) is 1. The van der Waals surface area contributed by atoms with Crippen molar-refractivity contribution in [2.75, 3.05) is 13.6 Å². The second kappa shape index (κ2) is 10.0. The molecule has 1 aromatic heterocycles. The van der Waals surface area contributed by atoms with E-state index in [2.05, 4.69) is 5.32 Å². The molecule has 32 heavy (non-hydrogen) atoms. The number of benzene rings is 1. The Hall–Kier alpha value is -3.10. The van der Waals surface area contributed by atoms with E-state index in [4.69, 9.17) is 0 Å². The van der Waals surface area contributed by atoms with Gasteiger partial charge in [0.05, 0.1) is 5.56 Å². The van der Waals surface area contributed by atoms with Crippen molar-refractivity contribution in [2.45, 2.75) is 46.5 Å². The van der Waals surface area contributed by atoms with Gasteiger partial charge in [0, 0.05) is 38.6 Å². The first-order valence-electron chi connectivity index (χ1n) is 10.3. The van der Waals surface area contributed by atoms with Crippen LogP contribution in [0.2, 0.25) is 0 Å². The Bertz CT molecular complexity index is 1030. The second-order valence-electron chi connectivity index (χ2n) is 8.41. The average molecular weight is 451 g/mol. The fourth-order valence-corrected chi connectivity index (χ4v) is 3.14. The van der Waals surface area contributed by atoms with Gasteiger partial charge < -0.3 is 14.8 Å². The van der Waals surface area contributed by atoms with E-state index < -0.39 is 29.0 Å². The predicted octanol–water partition coefficient (Wildman–Crippen LogP) is 4.11. The molecule has 9 heteroatoms. The van der Waals surface area contributed by atoms with Crippen LogP contribution in [0.5, 0.6) is 0 Å². The van der Waals surface area contributed by atoms with Gasteiger partial charge in [-0.25, -0.2) is 0 Å². The summed E-state index contributed by atoms with van der Waals surface area (Å²) in [5.41, 5.74) is -1.34. The van der Waals surface area contributed by atoms with Gasteiger partial charge >= 0.3 is 6.18 Å². The molecule has 0 radical (unpaired) electrons. The Balaban J connectivity index is 2.29. The zero-order chi connectivity index (χ0) is 24.2. The third kappa shape index (κ3) is 6.21. The molecule has 0 bridgehead atoms. The number of nitrogens with zero attached hydrogens (tertiary/aromatic N) is 2. The maximum atomic E-state index is 12.9. The van der Waals surface area contributed by atoms with Crippen LogP contribution in [0.1, 0.15) is 65.6 Å². The highest BCUT2D eigenvalue weighted by Crippen LogP contribution is 2.29. The first-order chi connectivity index (χ1) is 14.8. The Morgan fingerprint density at radius 3 is 2.09 bits per heavy atom. The van der Waals surface area contributed by atoms with E-state index in [1.807, 2.05) is 27.7 Å². The van der Waals surface area contributed by atoms with Crippen molar-refractivity contribution in [1.29, 1.82) is 0 Å². The molecular weight excluding hydrogens is 423 g/mol. The van der Waals surface area contributed by atoms with Crippen LogP contribution in [0.25, 0.3) is 0 Å². The average Bonchev–Trinajstić information content (AvgIpc) is 2.70. The van der Waals surface area contributed by atoms with Crippen LogP contribution in [0.15, 0.2) is 41.5 Å². The summed E-state index contributed by atoms with van der Waals surface area (Å²) < 4.78 is 39.7. The van der Waals surface area contributed by atoms with Crippen molar-refractivity contribution in [3.05, 3.63) is 69.1 Å². The zero-order valence-electron chi connectivity index (χ0n) is 18.8. The van der Waals surface area contributed by atoms with Crippen LogP contribution >= 0.6 is 0 Å². The largest absolute Gasteiger partial charge is 0.416 e. The lowest BCUT2D eigenvalue weighted by atomic mass is 10.1. The molecule has 0 aliphatic carbocycles. The number of nitrogens with one attached hydrogen (secondary N) is 1. The Morgan fingerprint density at radius 1 is 1.03 bits per heavy atom. The Morgan fingerprint density at radius 2 is 1.59 bits per heavy atom. The molecule has 0 saturated heterocycles. The SMILES string of the molecule is CC(C)CN(C)C(=O)c1cn(C(C)C)cc(C(=O)NCc2ccc(C(F)(F)F)cc2)c1=O. The molecule has 6 nitrogen and oxygen atoms in total. The van der Waals surface area contributed by atoms with E-state index in [1.54, 1.807) is 11.6 Å². The smallest absolute Gasteiger partial charge is 0.350 e. The monoisotopic (exact) mass is 451 g/mol. The molecule has 0 saturated carbocycles. The maximum absolute atomic E-state index is 12.9. The van der Waals surface area contributed by atoms with E-state index in [-0.39, 0.29) is 29.6 Å². The molecule has 1 aromatic carbocycles. The highest BCUT2D eigenvalue weighted by molar-refractivity contribution is 5.99. The topological polar surface area (TPSA) is 71.4 Å². The van der Waals surface area contributed by atoms with Crippen molar-refractivity contribution in [3.63, 3.8) is 0 Å². The Labute approximate surface area is 185 Å². The van der Waals surface area contributed by atoms with E-state index in [0.717, 1.165) is 12.1 Å². The van der Waals surface area contributed by atoms with Crippen molar-refractivity contribution in [3.8, 4) is 0 Å². The predicted molar refractivity (Wildman–Crippen MR) is 115 cm³/mol. The second-order valence-corrected chi connectivity index (χ2v) is 8.41. The lowest BCUT2D eigenvalue weighted by molar-refractivity contribution is -0.137. The van der Waals surface area contributed by atoms with Gasteiger partial charge in [-0.1, -0.05) is 26.0 Å². The van der Waals surface area contributed by atoms with E-state index >= 15 is 0 Å². The molecule has 2 aromatic rings. The van der Waals surface area contributed by atoms with E-state index in [1.165, 1.54) is 29.4 Å². The molecule has 174 valence electrons. The standard InChI is InChI=1S/C23H28F3N3O3/c1-14(2)11-28(5)22(32)19-13-29(15(3)4)12-18(20(19)30)21(31)27-10-16-6-8-17(9-7-16)23(24,25)26/h6-9,12-15H,10-11H2,1-5H3,(H,27,31). The van der Waals surface area contributed by atoms with Gasteiger partial charge in [-0.05, 0) is 37.5 Å². The number of halogens is 3. The van der Waals surface area contributed by atoms with Gasteiger partial charge in [-0.3, -0.25) is 14.4 Å². The number of amides is 2. The fraction of sp³-hybridized carbons (Fsp3) is 0.435. The quantitative estimate of drug-likeness (QED) is 0.689. The summed E-state index contributed by atoms with van der Waals surface area (Å²) in [4.78, 5) is 39.9. The third-order valence-electron chi connectivity index (χ3n) is 4.84. The summed E-state index contributed by atoms with van der Waals surface area (Å²) >= 11 is 0. The number of alkyl halides is 3. The van der Waals surface area contributed by atoms with Crippen LogP contribution in [-0.2, 0) is 12.7 Å². The molecule has 2 amide bonds. The molecule has 0 spiro atoms. The van der Waals surface area contributed by atoms with Crippen LogP contribution in [0.4, 0.5) is 13.2 Å². The maximum Gasteiger partial charge on any atom is 0.416 e. The highest BCUT2D eigenvalue weighted by Gasteiger charge is 2.30. The first kappa shape index (κ1) is 25.2. The molecule has 0 unspecified atom stereocenters. The lowest BCUT2D eigenvalue weighted by Crippen LogP contribution is -2.37. The van der Waals surface area contributed by atoms with Crippen molar-refractivity contribution >= 4 is 11.8 Å². The van der Waals surface area contributed by atoms with Gasteiger partial charge in [-0.2, -0.15) is 13.2 Å². The Kier molecular flexibility index (Phi) is 7.87. The van der Waals surface area contributed by atoms with Crippen LogP contribution < -0.4 is 10.7 Å². The van der Waals surface area contributed by atoms with E-state index in [0.29, 0.717) is 12.1 Å². The number of aromatic nitrogens is 1. The van der Waals surface area contributed by atoms with Gasteiger partial charge in [0.15, 0.2) is 0 Å². The highest BCUT2D eigenvalue weighted by atomic mass is 19.4.